The summed E-state index contributed by atoms with van der Waals surface area (Å²) in [4.78, 5) is 1.15. The van der Waals surface area contributed by atoms with Crippen LogP contribution in [0.1, 0.15) is 46.6 Å². The topological polar surface area (TPSA) is 218 Å². The molecule has 0 radical (unpaired) electrons. The van der Waals surface area contributed by atoms with Crippen molar-refractivity contribution in [3.05, 3.63) is 173 Å². The number of benzene rings is 4. The number of aliphatic hydroxyl groups excluding tert-OH is 2. The first kappa shape index (κ1) is 43.1. The van der Waals surface area contributed by atoms with E-state index < -0.39 is 64.4 Å². The number of allylic oxidation sites excluding steroid dienone is 8. The molecular weight excluding hydrogens is 829 g/mol. The van der Waals surface area contributed by atoms with Gasteiger partial charge in [-0.2, -0.15) is 4.58 Å². The molecule has 60 heavy (non-hydrogen) atoms. The molecule has 3 aliphatic rings. The largest absolute Gasteiger partial charge is 0.748 e. The Morgan fingerprint density at radius 3 is 1.97 bits per heavy atom. The van der Waals surface area contributed by atoms with Crippen molar-refractivity contribution in [1.82, 2.24) is 0 Å². The third-order valence-corrected chi connectivity index (χ3v) is 13.4. The summed E-state index contributed by atoms with van der Waals surface area (Å²) < 4.78 is 109. The Kier molecular flexibility index (Phi) is 12.0. The van der Waals surface area contributed by atoms with E-state index in [1.807, 2.05) is 96.4 Å². The van der Waals surface area contributed by atoms with E-state index in [0.29, 0.717) is 34.5 Å². The maximum Gasteiger partial charge on any atom is 0.209 e. The van der Waals surface area contributed by atoms with E-state index in [-0.39, 0.29) is 19.0 Å². The molecule has 0 amide bonds. The molecule has 4 aromatic carbocycles. The average Bonchev–Trinajstić information content (AvgIpc) is 3.80. The van der Waals surface area contributed by atoms with Gasteiger partial charge in [-0.3, -0.25) is 0 Å². The zero-order valence-electron chi connectivity index (χ0n) is 32.4. The Labute approximate surface area is 349 Å². The quantitative estimate of drug-likeness (QED) is 0.102. The zero-order valence-corrected chi connectivity index (χ0v) is 34.8. The smallest absolute Gasteiger partial charge is 0.209 e. The van der Waals surface area contributed by atoms with Gasteiger partial charge in [-0.05, 0) is 66.8 Å². The average molecular weight is 871 g/mol. The summed E-state index contributed by atoms with van der Waals surface area (Å²) in [7, 11) is -14.4. The van der Waals surface area contributed by atoms with E-state index in [1.54, 1.807) is 29.2 Å². The molecule has 0 bridgehead atoms. The maximum absolute atomic E-state index is 12.4. The van der Waals surface area contributed by atoms with Gasteiger partial charge in [0.05, 0.1) is 54.1 Å². The first-order chi connectivity index (χ1) is 28.4. The van der Waals surface area contributed by atoms with Crippen molar-refractivity contribution in [1.29, 1.82) is 0 Å². The summed E-state index contributed by atoms with van der Waals surface area (Å²) in [6, 6.07) is 28.1. The first-order valence-electron chi connectivity index (χ1n) is 19.1. The highest BCUT2D eigenvalue weighted by Gasteiger charge is 2.50. The number of β-amino-alcohol motifs (C(OH)–C–C–N with tert-alkyl or cyclic N) is 2. The van der Waals surface area contributed by atoms with Crippen LogP contribution in [0.25, 0.3) is 0 Å². The van der Waals surface area contributed by atoms with Gasteiger partial charge in [0.2, 0.25) is 5.69 Å². The second-order valence-corrected chi connectivity index (χ2v) is 19.4. The lowest BCUT2D eigenvalue weighted by molar-refractivity contribution is -0.448. The van der Waals surface area contributed by atoms with E-state index in [4.69, 9.17) is 0 Å². The zero-order chi connectivity index (χ0) is 43.0. The van der Waals surface area contributed by atoms with Crippen LogP contribution in [0.15, 0.2) is 150 Å². The number of nitrogens with zero attached hydrogens (tertiary/aromatic N) is 2. The maximum atomic E-state index is 12.4. The number of rotatable bonds is 14. The normalized spacial score (nSPS) is 20.0. The Morgan fingerprint density at radius 1 is 0.767 bits per heavy atom. The Hall–Kier alpha value is -5.04. The number of anilines is 1. The van der Waals surface area contributed by atoms with Crippen LogP contribution in [0.4, 0.5) is 11.4 Å². The number of hydrogen-bond donors (Lipinski definition) is 2. The van der Waals surface area contributed by atoms with Gasteiger partial charge in [-0.15, -0.1) is 0 Å². The van der Waals surface area contributed by atoms with Gasteiger partial charge in [0.1, 0.15) is 16.2 Å². The number of hydrogen-bond acceptors (Lipinski definition) is 12. The molecule has 4 aromatic rings. The minimum Gasteiger partial charge on any atom is -0.748 e. The lowest BCUT2D eigenvalue weighted by atomic mass is 9.68. The molecule has 2 heterocycles. The lowest BCUT2D eigenvalue weighted by Gasteiger charge is -2.36. The molecule has 2 N–H and O–H groups in total. The standard InChI is InChI=1S/C44H44N2O11S3/c1-30-18-22-40-38(24-30)37-21-19-31(43(37)46(40)27-35(48)29-59(52,53)54)12-6-2-3-11-17-42-44(32-13-7-4-8-14-32,33-15-9-5-10-16-33)39-25-36(60(55,56)57)20-23-41(39)45(42)26-34(47)28-58(49,50)51/h2-18,20,22-25,34-35,37,47-48H,19,21,26-29H2,1H3,(H2-,49,50,51,52,53,54,55,56,57)/p-2. The summed E-state index contributed by atoms with van der Waals surface area (Å²) in [6.07, 6.45) is 9.27. The summed E-state index contributed by atoms with van der Waals surface area (Å²) in [5, 5.41) is 21.6. The summed E-state index contributed by atoms with van der Waals surface area (Å²) in [5.41, 5.74) is 6.19. The van der Waals surface area contributed by atoms with E-state index in [1.165, 1.54) is 12.1 Å². The van der Waals surface area contributed by atoms with Crippen LogP contribution >= 0.6 is 0 Å². The monoisotopic (exact) mass is 870 g/mol. The van der Waals surface area contributed by atoms with Crippen molar-refractivity contribution in [3.8, 4) is 0 Å². The molecule has 13 nitrogen and oxygen atoms in total. The second kappa shape index (κ2) is 16.8. The van der Waals surface area contributed by atoms with Crippen LogP contribution < -0.4 is 4.90 Å². The number of aliphatic hydroxyl groups is 2. The van der Waals surface area contributed by atoms with E-state index in [0.717, 1.165) is 40.6 Å². The third kappa shape index (κ3) is 8.87. The summed E-state index contributed by atoms with van der Waals surface area (Å²) >= 11 is 0. The fourth-order valence-corrected chi connectivity index (χ4v) is 10.5. The van der Waals surface area contributed by atoms with Crippen LogP contribution in [0.2, 0.25) is 0 Å². The van der Waals surface area contributed by atoms with Gasteiger partial charge in [-0.25, -0.2) is 25.3 Å². The van der Waals surface area contributed by atoms with E-state index in [9.17, 15) is 49.1 Å². The molecule has 1 aliphatic carbocycles. The molecule has 3 atom stereocenters. The van der Waals surface area contributed by atoms with Crippen LogP contribution in [-0.2, 0) is 35.8 Å². The SMILES string of the molecule is Cc1ccc2c(c1)C1CC\C(=C/C=C/C=C/C=C3\N(CC(O)CS(=O)(=O)[O-])c4ccc(S(=O)(=O)[O-])cc4C3(c3ccccc3)c3ccccc3)C1=[N+]2CC(O)CS(=O)(=O)[O-]. The van der Waals surface area contributed by atoms with E-state index in [2.05, 4.69) is 6.07 Å². The van der Waals surface area contributed by atoms with Gasteiger partial charge >= 0.3 is 0 Å². The molecule has 3 unspecified atom stereocenters. The molecule has 1 saturated carbocycles. The third-order valence-electron chi connectivity index (χ3n) is 11.0. The summed E-state index contributed by atoms with van der Waals surface area (Å²) in [5.74, 6) is -1.95. The molecule has 16 heteroatoms. The highest BCUT2D eigenvalue weighted by molar-refractivity contribution is 7.86. The molecule has 0 spiro atoms. The lowest BCUT2D eigenvalue weighted by Crippen LogP contribution is -2.39. The van der Waals surface area contributed by atoms with Gasteiger partial charge in [0.15, 0.2) is 12.3 Å². The van der Waals surface area contributed by atoms with Crippen molar-refractivity contribution in [2.24, 2.45) is 0 Å². The number of aryl methyl sites for hydroxylation is 1. The van der Waals surface area contributed by atoms with Crippen molar-refractivity contribution in [2.45, 2.75) is 48.2 Å². The van der Waals surface area contributed by atoms with Crippen molar-refractivity contribution in [2.75, 3.05) is 29.5 Å². The fraction of sp³-hybridized carbons (Fsp3) is 0.250. The van der Waals surface area contributed by atoms with Crippen LogP contribution in [0, 0.1) is 6.92 Å². The Balaban J connectivity index is 1.32. The van der Waals surface area contributed by atoms with Crippen molar-refractivity contribution >= 4 is 47.4 Å². The molecular formula is C44H42N2O11S3-2. The highest BCUT2D eigenvalue weighted by atomic mass is 32.2. The molecule has 7 rings (SSSR count). The van der Waals surface area contributed by atoms with Crippen LogP contribution in [-0.4, -0.2) is 96.2 Å². The van der Waals surface area contributed by atoms with Crippen molar-refractivity contribution < 1.29 is 53.7 Å². The predicted molar refractivity (Wildman–Crippen MR) is 223 cm³/mol. The predicted octanol–water partition coefficient (Wildman–Crippen LogP) is 4.46. The first-order valence-corrected chi connectivity index (χ1v) is 23.7. The van der Waals surface area contributed by atoms with Crippen LogP contribution in [0.5, 0.6) is 0 Å². The molecule has 314 valence electrons. The molecule has 1 fully saturated rings. The van der Waals surface area contributed by atoms with E-state index >= 15 is 0 Å². The van der Waals surface area contributed by atoms with Gasteiger partial charge in [0, 0.05) is 35.1 Å². The Morgan fingerprint density at radius 2 is 1.37 bits per heavy atom. The molecule has 0 aromatic heterocycles. The summed E-state index contributed by atoms with van der Waals surface area (Å²) in [6.45, 7) is 1.55. The second-order valence-electron chi connectivity index (χ2n) is 15.1. The Bertz CT molecular complexity index is 2760. The molecule has 2 aliphatic heterocycles. The minimum absolute atomic E-state index is 0.0269. The number of fused-ring (bicyclic) bond motifs is 4. The minimum atomic E-state index is -4.94. The van der Waals surface area contributed by atoms with Gasteiger partial charge < -0.3 is 28.8 Å². The van der Waals surface area contributed by atoms with Crippen molar-refractivity contribution in [3.63, 3.8) is 0 Å². The van der Waals surface area contributed by atoms with Gasteiger partial charge in [-0.1, -0.05) is 103 Å². The highest BCUT2D eigenvalue weighted by Crippen LogP contribution is 2.56. The molecule has 0 saturated heterocycles. The van der Waals surface area contributed by atoms with Crippen LogP contribution in [0.3, 0.4) is 0 Å². The van der Waals surface area contributed by atoms with Gasteiger partial charge in [0.25, 0.3) is 0 Å². The fourth-order valence-electron chi connectivity index (χ4n) is 8.83.